The highest BCUT2D eigenvalue weighted by molar-refractivity contribution is 5.24. The standard InChI is InChI=1S/C10H13NO/c1-10(7-12-8-11-10)9-5-3-2-4-6-9/h2-6,11H,7-8H2,1H3/t10-/m1/s1. The van der Waals surface area contributed by atoms with Gasteiger partial charge in [-0.1, -0.05) is 30.3 Å². The van der Waals surface area contributed by atoms with E-state index in [1.165, 1.54) is 5.56 Å². The quantitative estimate of drug-likeness (QED) is 0.677. The van der Waals surface area contributed by atoms with Gasteiger partial charge in [0.05, 0.1) is 18.9 Å². The van der Waals surface area contributed by atoms with E-state index in [4.69, 9.17) is 4.74 Å². The first-order valence-electron chi connectivity index (χ1n) is 4.20. The first-order chi connectivity index (χ1) is 5.81. The SMILES string of the molecule is C[C@]1(c2ccccc2)COCN1. The van der Waals surface area contributed by atoms with Crippen molar-refractivity contribution >= 4 is 0 Å². The van der Waals surface area contributed by atoms with Gasteiger partial charge in [0.2, 0.25) is 0 Å². The lowest BCUT2D eigenvalue weighted by Crippen LogP contribution is -2.35. The molecule has 0 aromatic heterocycles. The van der Waals surface area contributed by atoms with Crippen molar-refractivity contribution in [2.75, 3.05) is 13.3 Å². The molecule has 2 rings (SSSR count). The molecule has 1 heterocycles. The Morgan fingerprint density at radius 2 is 2.08 bits per heavy atom. The summed E-state index contributed by atoms with van der Waals surface area (Å²) in [7, 11) is 0. The Kier molecular flexibility index (Phi) is 1.87. The van der Waals surface area contributed by atoms with Gasteiger partial charge in [0, 0.05) is 0 Å². The third-order valence-corrected chi connectivity index (χ3v) is 2.37. The number of hydrogen-bond donors (Lipinski definition) is 1. The molecule has 1 fully saturated rings. The molecule has 2 heteroatoms. The van der Waals surface area contributed by atoms with Gasteiger partial charge in [0.15, 0.2) is 0 Å². The Labute approximate surface area is 72.5 Å². The molecule has 1 atom stereocenters. The Morgan fingerprint density at radius 3 is 2.67 bits per heavy atom. The Bertz CT molecular complexity index is 252. The van der Waals surface area contributed by atoms with E-state index in [9.17, 15) is 0 Å². The molecule has 1 aromatic carbocycles. The molecule has 0 unspecified atom stereocenters. The van der Waals surface area contributed by atoms with Crippen LogP contribution in [0.1, 0.15) is 12.5 Å². The summed E-state index contributed by atoms with van der Waals surface area (Å²) in [5.74, 6) is 0. The fourth-order valence-corrected chi connectivity index (χ4v) is 1.51. The van der Waals surface area contributed by atoms with Crippen LogP contribution in [0.3, 0.4) is 0 Å². The normalized spacial score (nSPS) is 29.1. The number of ether oxygens (including phenoxy) is 1. The summed E-state index contributed by atoms with van der Waals surface area (Å²) in [6.07, 6.45) is 0. The second-order valence-corrected chi connectivity index (χ2v) is 3.37. The van der Waals surface area contributed by atoms with Crippen LogP contribution in [0, 0.1) is 0 Å². The van der Waals surface area contributed by atoms with E-state index in [0.717, 1.165) is 6.61 Å². The summed E-state index contributed by atoms with van der Waals surface area (Å²) < 4.78 is 5.30. The highest BCUT2D eigenvalue weighted by Crippen LogP contribution is 2.23. The number of hydrogen-bond acceptors (Lipinski definition) is 2. The van der Waals surface area contributed by atoms with Crippen LogP contribution in [0.15, 0.2) is 30.3 Å². The molecule has 0 aliphatic carbocycles. The van der Waals surface area contributed by atoms with Crippen LogP contribution in [0.2, 0.25) is 0 Å². The van der Waals surface area contributed by atoms with E-state index >= 15 is 0 Å². The van der Waals surface area contributed by atoms with Crippen molar-refractivity contribution in [3.63, 3.8) is 0 Å². The van der Waals surface area contributed by atoms with E-state index in [1.54, 1.807) is 0 Å². The summed E-state index contributed by atoms with van der Waals surface area (Å²) in [4.78, 5) is 0. The van der Waals surface area contributed by atoms with Crippen LogP contribution in [-0.4, -0.2) is 13.3 Å². The predicted molar refractivity (Wildman–Crippen MR) is 47.7 cm³/mol. The molecule has 0 amide bonds. The molecule has 0 saturated carbocycles. The van der Waals surface area contributed by atoms with Gasteiger partial charge in [-0.05, 0) is 12.5 Å². The molecule has 0 bridgehead atoms. The summed E-state index contributed by atoms with van der Waals surface area (Å²) in [6, 6.07) is 10.4. The average Bonchev–Trinajstić information content (AvgIpc) is 2.55. The minimum absolute atomic E-state index is 0.0151. The molecule has 0 radical (unpaired) electrons. The smallest absolute Gasteiger partial charge is 0.0973 e. The predicted octanol–water partition coefficient (Wildman–Crippen LogP) is 1.48. The Hall–Kier alpha value is -0.860. The summed E-state index contributed by atoms with van der Waals surface area (Å²) in [6.45, 7) is 3.58. The largest absolute Gasteiger partial charge is 0.364 e. The van der Waals surface area contributed by atoms with E-state index in [2.05, 4.69) is 36.5 Å². The summed E-state index contributed by atoms with van der Waals surface area (Å²) in [5, 5.41) is 3.33. The third-order valence-electron chi connectivity index (χ3n) is 2.37. The maximum absolute atomic E-state index is 5.30. The monoisotopic (exact) mass is 163 g/mol. The number of benzene rings is 1. The molecular weight excluding hydrogens is 150 g/mol. The molecule has 1 aromatic rings. The van der Waals surface area contributed by atoms with Gasteiger partial charge in [-0.25, -0.2) is 0 Å². The topological polar surface area (TPSA) is 21.3 Å². The minimum atomic E-state index is 0.0151. The van der Waals surface area contributed by atoms with Crippen LogP contribution in [0.4, 0.5) is 0 Å². The van der Waals surface area contributed by atoms with Crippen LogP contribution >= 0.6 is 0 Å². The van der Waals surface area contributed by atoms with Crippen molar-refractivity contribution < 1.29 is 4.74 Å². The Morgan fingerprint density at radius 1 is 1.33 bits per heavy atom. The maximum atomic E-state index is 5.30. The Balaban J connectivity index is 2.29. The van der Waals surface area contributed by atoms with E-state index in [1.807, 2.05) is 6.07 Å². The molecule has 2 nitrogen and oxygen atoms in total. The molecule has 12 heavy (non-hydrogen) atoms. The van der Waals surface area contributed by atoms with Gasteiger partial charge in [-0.2, -0.15) is 0 Å². The first-order valence-corrected chi connectivity index (χ1v) is 4.20. The lowest BCUT2D eigenvalue weighted by atomic mass is 9.94. The zero-order chi connectivity index (χ0) is 8.44. The van der Waals surface area contributed by atoms with Crippen LogP contribution in [0.5, 0.6) is 0 Å². The highest BCUT2D eigenvalue weighted by Gasteiger charge is 2.30. The fraction of sp³-hybridized carbons (Fsp3) is 0.400. The van der Waals surface area contributed by atoms with Gasteiger partial charge in [0.1, 0.15) is 0 Å². The third kappa shape index (κ3) is 1.24. The van der Waals surface area contributed by atoms with Crippen molar-refractivity contribution in [3.8, 4) is 0 Å². The molecule has 1 aliphatic heterocycles. The second kappa shape index (κ2) is 2.88. The molecule has 1 aliphatic rings. The molecular formula is C10H13NO. The van der Waals surface area contributed by atoms with Crippen molar-refractivity contribution in [1.82, 2.24) is 5.32 Å². The van der Waals surface area contributed by atoms with E-state index < -0.39 is 0 Å². The van der Waals surface area contributed by atoms with Crippen molar-refractivity contribution in [2.45, 2.75) is 12.5 Å². The van der Waals surface area contributed by atoms with Gasteiger partial charge >= 0.3 is 0 Å². The summed E-state index contributed by atoms with van der Waals surface area (Å²) >= 11 is 0. The van der Waals surface area contributed by atoms with Gasteiger partial charge in [-0.3, -0.25) is 5.32 Å². The number of nitrogens with one attached hydrogen (secondary N) is 1. The molecule has 64 valence electrons. The van der Waals surface area contributed by atoms with Crippen molar-refractivity contribution in [3.05, 3.63) is 35.9 Å². The summed E-state index contributed by atoms with van der Waals surface area (Å²) in [5.41, 5.74) is 1.31. The zero-order valence-corrected chi connectivity index (χ0v) is 7.21. The maximum Gasteiger partial charge on any atom is 0.0973 e. The van der Waals surface area contributed by atoms with Gasteiger partial charge in [0.25, 0.3) is 0 Å². The van der Waals surface area contributed by atoms with E-state index in [-0.39, 0.29) is 5.54 Å². The van der Waals surface area contributed by atoms with Crippen LogP contribution in [0.25, 0.3) is 0 Å². The minimum Gasteiger partial charge on any atom is -0.364 e. The van der Waals surface area contributed by atoms with Crippen LogP contribution < -0.4 is 5.32 Å². The lowest BCUT2D eigenvalue weighted by Gasteiger charge is -2.22. The molecule has 1 saturated heterocycles. The first kappa shape index (κ1) is 7.77. The zero-order valence-electron chi connectivity index (χ0n) is 7.21. The highest BCUT2D eigenvalue weighted by atomic mass is 16.5. The molecule has 1 N–H and O–H groups in total. The van der Waals surface area contributed by atoms with Crippen LogP contribution in [-0.2, 0) is 10.3 Å². The van der Waals surface area contributed by atoms with Gasteiger partial charge in [-0.15, -0.1) is 0 Å². The number of rotatable bonds is 1. The van der Waals surface area contributed by atoms with Gasteiger partial charge < -0.3 is 4.74 Å². The van der Waals surface area contributed by atoms with Crippen molar-refractivity contribution in [1.29, 1.82) is 0 Å². The lowest BCUT2D eigenvalue weighted by molar-refractivity contribution is 0.179. The average molecular weight is 163 g/mol. The molecule has 0 spiro atoms. The van der Waals surface area contributed by atoms with Crippen molar-refractivity contribution in [2.24, 2.45) is 0 Å². The second-order valence-electron chi connectivity index (χ2n) is 3.37. The van der Waals surface area contributed by atoms with E-state index in [0.29, 0.717) is 6.73 Å². The fourth-order valence-electron chi connectivity index (χ4n) is 1.51.